The standard InChI is InChI=1S/C16H14N4O5/c1-2-18-15(21)10-19(16(18)22)17-9-13-7-8-14(25-13)11-3-5-12(6-4-11)20(23)24/h3-9H,2,10H2,1H3/b17-9+. The molecule has 9 nitrogen and oxygen atoms in total. The zero-order valence-electron chi connectivity index (χ0n) is 13.3. The summed E-state index contributed by atoms with van der Waals surface area (Å²) in [5.74, 6) is 0.606. The number of rotatable bonds is 5. The Morgan fingerprint density at radius 1 is 1.24 bits per heavy atom. The number of carbonyl (C=O) groups is 2. The Morgan fingerprint density at radius 3 is 2.56 bits per heavy atom. The Morgan fingerprint density at radius 2 is 1.96 bits per heavy atom. The van der Waals surface area contributed by atoms with Gasteiger partial charge in [0, 0.05) is 24.2 Å². The van der Waals surface area contributed by atoms with E-state index >= 15 is 0 Å². The first-order chi connectivity index (χ1) is 12.0. The van der Waals surface area contributed by atoms with E-state index in [4.69, 9.17) is 4.42 Å². The first-order valence-corrected chi connectivity index (χ1v) is 7.50. The highest BCUT2D eigenvalue weighted by Crippen LogP contribution is 2.24. The average Bonchev–Trinajstić information content (AvgIpc) is 3.17. The third kappa shape index (κ3) is 3.25. The Bertz CT molecular complexity index is 856. The monoisotopic (exact) mass is 342 g/mol. The fourth-order valence-electron chi connectivity index (χ4n) is 2.38. The minimum absolute atomic E-state index is 0.00483. The zero-order chi connectivity index (χ0) is 18.0. The van der Waals surface area contributed by atoms with E-state index in [1.54, 1.807) is 31.2 Å². The van der Waals surface area contributed by atoms with Crippen LogP contribution in [0.3, 0.4) is 0 Å². The highest BCUT2D eigenvalue weighted by atomic mass is 16.6. The van der Waals surface area contributed by atoms with Crippen LogP contribution in [-0.2, 0) is 4.79 Å². The molecule has 1 aromatic heterocycles. The number of nitrogens with zero attached hydrogens (tertiary/aromatic N) is 4. The molecule has 1 aliphatic heterocycles. The fourth-order valence-corrected chi connectivity index (χ4v) is 2.38. The van der Waals surface area contributed by atoms with Gasteiger partial charge in [0.15, 0.2) is 0 Å². The summed E-state index contributed by atoms with van der Waals surface area (Å²) in [6.45, 7) is 1.92. The van der Waals surface area contributed by atoms with E-state index in [9.17, 15) is 19.7 Å². The van der Waals surface area contributed by atoms with Gasteiger partial charge in [-0.1, -0.05) is 0 Å². The maximum Gasteiger partial charge on any atom is 0.347 e. The van der Waals surface area contributed by atoms with Gasteiger partial charge >= 0.3 is 6.03 Å². The number of nitro groups is 1. The number of urea groups is 1. The van der Waals surface area contributed by atoms with Crippen LogP contribution in [0.1, 0.15) is 12.7 Å². The first kappa shape index (κ1) is 16.4. The number of imide groups is 1. The van der Waals surface area contributed by atoms with Crippen LogP contribution in [0.2, 0.25) is 0 Å². The van der Waals surface area contributed by atoms with Crippen molar-refractivity contribution in [3.63, 3.8) is 0 Å². The highest BCUT2D eigenvalue weighted by Gasteiger charge is 2.34. The maximum absolute atomic E-state index is 11.9. The first-order valence-electron chi connectivity index (χ1n) is 7.50. The molecule has 3 rings (SSSR count). The topological polar surface area (TPSA) is 109 Å². The van der Waals surface area contributed by atoms with Crippen molar-refractivity contribution in [1.82, 2.24) is 9.91 Å². The third-order valence-corrected chi connectivity index (χ3v) is 3.67. The molecule has 3 amide bonds. The lowest BCUT2D eigenvalue weighted by molar-refractivity contribution is -0.384. The van der Waals surface area contributed by atoms with E-state index in [1.807, 2.05) is 0 Å². The number of likely N-dealkylation sites (N-methyl/N-ethyl adjacent to an activating group) is 1. The van der Waals surface area contributed by atoms with Crippen LogP contribution >= 0.6 is 0 Å². The van der Waals surface area contributed by atoms with Gasteiger partial charge in [-0.2, -0.15) is 5.10 Å². The van der Waals surface area contributed by atoms with Crippen LogP contribution in [0, 0.1) is 10.1 Å². The molecular weight excluding hydrogens is 328 g/mol. The molecule has 0 saturated carbocycles. The molecule has 0 aliphatic carbocycles. The predicted molar refractivity (Wildman–Crippen MR) is 87.9 cm³/mol. The number of amides is 3. The maximum atomic E-state index is 11.9. The van der Waals surface area contributed by atoms with Crippen LogP contribution in [-0.4, -0.2) is 46.1 Å². The second-order valence-electron chi connectivity index (χ2n) is 5.23. The second-order valence-corrected chi connectivity index (χ2v) is 5.23. The van der Waals surface area contributed by atoms with Crippen molar-refractivity contribution >= 4 is 23.8 Å². The Balaban J connectivity index is 1.72. The van der Waals surface area contributed by atoms with E-state index < -0.39 is 11.0 Å². The van der Waals surface area contributed by atoms with E-state index in [2.05, 4.69) is 5.10 Å². The fraction of sp³-hybridized carbons (Fsp3) is 0.188. The molecule has 0 radical (unpaired) electrons. The molecule has 0 unspecified atom stereocenters. The molecule has 128 valence electrons. The largest absolute Gasteiger partial charge is 0.455 e. The molecule has 2 aromatic rings. The van der Waals surface area contributed by atoms with Crippen LogP contribution < -0.4 is 0 Å². The van der Waals surface area contributed by atoms with Gasteiger partial charge in [0.2, 0.25) is 0 Å². The molecule has 0 N–H and O–H groups in total. The van der Waals surface area contributed by atoms with E-state index in [-0.39, 0.29) is 18.1 Å². The van der Waals surface area contributed by atoms with Crippen LogP contribution in [0.5, 0.6) is 0 Å². The summed E-state index contributed by atoms with van der Waals surface area (Å²) in [7, 11) is 0. The van der Waals surface area contributed by atoms with Crippen molar-refractivity contribution in [2.45, 2.75) is 6.92 Å². The Kier molecular flexibility index (Phi) is 4.29. The quantitative estimate of drug-likeness (QED) is 0.359. The molecule has 25 heavy (non-hydrogen) atoms. The highest BCUT2D eigenvalue weighted by molar-refractivity contribution is 6.02. The summed E-state index contributed by atoms with van der Waals surface area (Å²) in [4.78, 5) is 34.8. The number of hydrazone groups is 1. The number of furan rings is 1. The van der Waals surface area contributed by atoms with Crippen molar-refractivity contribution in [3.05, 3.63) is 52.3 Å². The Labute approximate surface area is 142 Å². The van der Waals surface area contributed by atoms with Gasteiger partial charge in [-0.05, 0) is 31.2 Å². The summed E-state index contributed by atoms with van der Waals surface area (Å²) >= 11 is 0. The molecule has 1 saturated heterocycles. The summed E-state index contributed by atoms with van der Waals surface area (Å²) in [5.41, 5.74) is 0.671. The van der Waals surface area contributed by atoms with Gasteiger partial charge in [0.25, 0.3) is 11.6 Å². The van der Waals surface area contributed by atoms with Crippen LogP contribution in [0.15, 0.2) is 45.9 Å². The minimum atomic E-state index is -0.474. The normalized spacial score (nSPS) is 14.8. The van der Waals surface area contributed by atoms with Gasteiger partial charge in [-0.15, -0.1) is 0 Å². The van der Waals surface area contributed by atoms with Gasteiger partial charge < -0.3 is 4.42 Å². The SMILES string of the molecule is CCN1C(=O)CN(/N=C/c2ccc(-c3ccc([N+](=O)[O-])cc3)o2)C1=O. The zero-order valence-corrected chi connectivity index (χ0v) is 13.3. The van der Waals surface area contributed by atoms with Crippen molar-refractivity contribution in [3.8, 4) is 11.3 Å². The molecular formula is C16H14N4O5. The molecule has 1 aliphatic rings. The van der Waals surface area contributed by atoms with Gasteiger partial charge in [0.05, 0.1) is 11.1 Å². The van der Waals surface area contributed by atoms with Gasteiger partial charge in [-0.3, -0.25) is 19.8 Å². The van der Waals surface area contributed by atoms with Gasteiger partial charge in [-0.25, -0.2) is 9.80 Å². The lowest BCUT2D eigenvalue weighted by Crippen LogP contribution is -2.30. The molecule has 0 spiro atoms. The lowest BCUT2D eigenvalue weighted by atomic mass is 10.1. The summed E-state index contributed by atoms with van der Waals surface area (Å²) < 4.78 is 5.59. The number of hydrogen-bond acceptors (Lipinski definition) is 6. The molecule has 0 bridgehead atoms. The molecule has 9 heteroatoms. The number of nitro benzene ring substituents is 1. The molecule has 2 heterocycles. The molecule has 1 aromatic carbocycles. The van der Waals surface area contributed by atoms with E-state index in [0.717, 1.165) is 9.91 Å². The van der Waals surface area contributed by atoms with Crippen LogP contribution in [0.4, 0.5) is 10.5 Å². The average molecular weight is 342 g/mol. The number of hydrogen-bond donors (Lipinski definition) is 0. The lowest BCUT2D eigenvalue weighted by Gasteiger charge is -2.10. The number of non-ortho nitro benzene ring substituents is 1. The number of benzene rings is 1. The van der Waals surface area contributed by atoms with E-state index in [0.29, 0.717) is 23.6 Å². The predicted octanol–water partition coefficient (Wildman–Crippen LogP) is 2.47. The van der Waals surface area contributed by atoms with Crippen molar-refractivity contribution in [2.24, 2.45) is 5.10 Å². The second kappa shape index (κ2) is 6.56. The number of carbonyl (C=O) groups excluding carboxylic acids is 2. The molecule has 1 fully saturated rings. The van der Waals surface area contributed by atoms with Gasteiger partial charge in [0.1, 0.15) is 18.1 Å². The smallest absolute Gasteiger partial charge is 0.347 e. The minimum Gasteiger partial charge on any atom is -0.455 e. The van der Waals surface area contributed by atoms with E-state index in [1.165, 1.54) is 18.3 Å². The third-order valence-electron chi connectivity index (χ3n) is 3.67. The summed E-state index contributed by atoms with van der Waals surface area (Å²) in [6.07, 6.45) is 1.35. The van der Waals surface area contributed by atoms with Crippen LogP contribution in [0.25, 0.3) is 11.3 Å². The Hall–Kier alpha value is -3.49. The van der Waals surface area contributed by atoms with Crippen molar-refractivity contribution in [1.29, 1.82) is 0 Å². The molecule has 0 atom stereocenters. The van der Waals surface area contributed by atoms with Crippen molar-refractivity contribution < 1.29 is 18.9 Å². The summed E-state index contributed by atoms with van der Waals surface area (Å²) in [6, 6.07) is 8.82. The van der Waals surface area contributed by atoms with Crippen molar-refractivity contribution in [2.75, 3.05) is 13.1 Å². The summed E-state index contributed by atoms with van der Waals surface area (Å²) in [5, 5.41) is 15.7.